The quantitative estimate of drug-likeness (QED) is 0.632. The molecule has 3 aliphatic rings. The molecule has 0 spiro atoms. The zero-order valence-electron chi connectivity index (χ0n) is 12.9. The third-order valence-electron chi connectivity index (χ3n) is 4.72. The number of carboxylic acid groups (broad SMARTS) is 1. The molecule has 0 radical (unpaired) electrons. The molecule has 0 bridgehead atoms. The standard InChI is InChI=1S/C15H22N2O4S/c1-15(2)11(14(19)20)17-12(18)10(13(17)22-15)16-21-8-9-6-4-3-5-7-9/h9,11,13H,3-8H2,1-2H3,(H,19,20)/b16-10-/t11-,13+/m0/s1. The Bertz CT molecular complexity index is 514. The first-order chi connectivity index (χ1) is 10.4. The smallest absolute Gasteiger partial charge is 0.327 e. The van der Waals surface area contributed by atoms with E-state index in [1.54, 1.807) is 0 Å². The Labute approximate surface area is 134 Å². The molecule has 2 atom stereocenters. The molecule has 0 aromatic carbocycles. The summed E-state index contributed by atoms with van der Waals surface area (Å²) in [5.74, 6) is -0.738. The minimum atomic E-state index is -0.962. The summed E-state index contributed by atoms with van der Waals surface area (Å²) in [5, 5.41) is 13.1. The van der Waals surface area contributed by atoms with E-state index in [0.717, 1.165) is 12.8 Å². The van der Waals surface area contributed by atoms with Crippen LogP contribution in [0.3, 0.4) is 0 Å². The van der Waals surface area contributed by atoms with Crippen molar-refractivity contribution >= 4 is 29.4 Å². The molecule has 2 saturated heterocycles. The summed E-state index contributed by atoms with van der Waals surface area (Å²) in [6.07, 6.45) is 6.10. The predicted molar refractivity (Wildman–Crippen MR) is 83.7 cm³/mol. The van der Waals surface area contributed by atoms with E-state index < -0.39 is 16.8 Å². The lowest BCUT2D eigenvalue weighted by molar-refractivity contribution is -0.150. The van der Waals surface area contributed by atoms with Crippen molar-refractivity contribution in [2.45, 2.75) is 62.1 Å². The molecule has 3 fully saturated rings. The van der Waals surface area contributed by atoms with Crippen LogP contribution >= 0.6 is 11.8 Å². The number of carbonyl (C=O) groups is 2. The number of hydrogen-bond donors (Lipinski definition) is 1. The van der Waals surface area contributed by atoms with E-state index in [1.807, 2.05) is 13.8 Å². The van der Waals surface area contributed by atoms with Crippen molar-refractivity contribution in [3.8, 4) is 0 Å². The fourth-order valence-corrected chi connectivity index (χ4v) is 5.03. The Morgan fingerprint density at radius 3 is 2.73 bits per heavy atom. The van der Waals surface area contributed by atoms with Gasteiger partial charge in [0, 0.05) is 4.75 Å². The largest absolute Gasteiger partial charge is 0.480 e. The minimum Gasteiger partial charge on any atom is -0.480 e. The van der Waals surface area contributed by atoms with Gasteiger partial charge in [0.2, 0.25) is 0 Å². The van der Waals surface area contributed by atoms with Crippen LogP contribution in [0.4, 0.5) is 0 Å². The lowest BCUT2D eigenvalue weighted by atomic mass is 9.90. The predicted octanol–water partition coefficient (Wildman–Crippen LogP) is 2.09. The molecule has 3 rings (SSSR count). The molecular formula is C15H22N2O4S. The highest BCUT2D eigenvalue weighted by Crippen LogP contribution is 2.49. The first kappa shape index (κ1) is 15.6. The summed E-state index contributed by atoms with van der Waals surface area (Å²) in [6, 6.07) is -0.799. The summed E-state index contributed by atoms with van der Waals surface area (Å²) >= 11 is 1.47. The van der Waals surface area contributed by atoms with Crippen molar-refractivity contribution in [3.05, 3.63) is 0 Å². The van der Waals surface area contributed by atoms with E-state index >= 15 is 0 Å². The molecule has 22 heavy (non-hydrogen) atoms. The maximum absolute atomic E-state index is 12.2. The molecule has 1 amide bonds. The SMILES string of the molecule is CC1(C)S[C@@H]2/C(=N\OCC3CCCCC3)C(=O)N2[C@H]1C(=O)O. The molecule has 6 nitrogen and oxygen atoms in total. The molecule has 1 N–H and O–H groups in total. The number of thioether (sulfide) groups is 1. The summed E-state index contributed by atoms with van der Waals surface area (Å²) < 4.78 is -0.521. The van der Waals surface area contributed by atoms with Crippen molar-refractivity contribution < 1.29 is 19.5 Å². The van der Waals surface area contributed by atoms with Gasteiger partial charge in [-0.15, -0.1) is 11.8 Å². The number of amides is 1. The zero-order chi connectivity index (χ0) is 15.9. The van der Waals surface area contributed by atoms with Gasteiger partial charge >= 0.3 is 5.97 Å². The maximum Gasteiger partial charge on any atom is 0.327 e. The Morgan fingerprint density at radius 2 is 2.09 bits per heavy atom. The molecule has 2 heterocycles. The lowest BCUT2D eigenvalue weighted by Gasteiger charge is -2.37. The van der Waals surface area contributed by atoms with E-state index in [9.17, 15) is 14.7 Å². The molecule has 0 aromatic heterocycles. The molecule has 0 aromatic rings. The molecule has 7 heteroatoms. The second kappa shape index (κ2) is 5.76. The number of rotatable bonds is 4. The Balaban J connectivity index is 1.62. The molecule has 1 aliphatic carbocycles. The number of fused-ring (bicyclic) bond motifs is 1. The van der Waals surface area contributed by atoms with Gasteiger partial charge in [-0.25, -0.2) is 4.79 Å². The van der Waals surface area contributed by atoms with Crippen LogP contribution in [-0.2, 0) is 14.4 Å². The molecule has 1 saturated carbocycles. The van der Waals surface area contributed by atoms with Gasteiger partial charge in [-0.05, 0) is 32.6 Å². The second-order valence-corrected chi connectivity index (χ2v) is 8.54. The zero-order valence-corrected chi connectivity index (χ0v) is 13.8. The molecule has 2 aliphatic heterocycles. The molecular weight excluding hydrogens is 304 g/mol. The van der Waals surface area contributed by atoms with Gasteiger partial charge < -0.3 is 14.8 Å². The van der Waals surface area contributed by atoms with Crippen molar-refractivity contribution in [1.29, 1.82) is 0 Å². The maximum atomic E-state index is 12.2. The number of aliphatic carboxylic acids is 1. The highest BCUT2D eigenvalue weighted by atomic mass is 32.2. The van der Waals surface area contributed by atoms with E-state index in [1.165, 1.54) is 35.9 Å². The summed E-state index contributed by atoms with van der Waals surface area (Å²) in [4.78, 5) is 30.4. The Hall–Kier alpha value is -1.24. The van der Waals surface area contributed by atoms with Crippen LogP contribution in [0.15, 0.2) is 5.16 Å². The van der Waals surface area contributed by atoms with Crippen LogP contribution in [0, 0.1) is 5.92 Å². The highest BCUT2D eigenvalue weighted by Gasteiger charge is 2.62. The fourth-order valence-electron chi connectivity index (χ4n) is 3.53. The molecule has 122 valence electrons. The molecule has 0 unspecified atom stereocenters. The topological polar surface area (TPSA) is 79.2 Å². The third kappa shape index (κ3) is 2.59. The average molecular weight is 326 g/mol. The van der Waals surface area contributed by atoms with Gasteiger partial charge in [0.1, 0.15) is 18.0 Å². The van der Waals surface area contributed by atoms with Crippen LogP contribution in [0.5, 0.6) is 0 Å². The van der Waals surface area contributed by atoms with Gasteiger partial charge in [0.25, 0.3) is 5.91 Å². The third-order valence-corrected chi connectivity index (χ3v) is 6.23. The first-order valence-electron chi connectivity index (χ1n) is 7.85. The van der Waals surface area contributed by atoms with Crippen molar-refractivity contribution in [2.75, 3.05) is 6.61 Å². The van der Waals surface area contributed by atoms with Gasteiger partial charge in [-0.2, -0.15) is 0 Å². The summed E-state index contributed by atoms with van der Waals surface area (Å²) in [6.45, 7) is 4.25. The number of carbonyl (C=O) groups excluding carboxylic acids is 1. The monoisotopic (exact) mass is 326 g/mol. The van der Waals surface area contributed by atoms with Crippen LogP contribution in [0.25, 0.3) is 0 Å². The number of carboxylic acids is 1. The van der Waals surface area contributed by atoms with Crippen LogP contribution in [0.1, 0.15) is 46.0 Å². The fraction of sp³-hybridized carbons (Fsp3) is 0.800. The highest BCUT2D eigenvalue weighted by molar-refractivity contribution is 8.02. The van der Waals surface area contributed by atoms with Crippen molar-refractivity contribution in [3.63, 3.8) is 0 Å². The van der Waals surface area contributed by atoms with Crippen LogP contribution < -0.4 is 0 Å². The number of oxime groups is 1. The van der Waals surface area contributed by atoms with Crippen molar-refractivity contribution in [1.82, 2.24) is 4.90 Å². The Kier molecular flexibility index (Phi) is 4.09. The van der Waals surface area contributed by atoms with Gasteiger partial charge in [0.15, 0.2) is 5.71 Å². The normalized spacial score (nSPS) is 32.7. The van der Waals surface area contributed by atoms with E-state index in [-0.39, 0.29) is 11.3 Å². The summed E-state index contributed by atoms with van der Waals surface area (Å²) in [5.41, 5.74) is 0.359. The number of β-lactam (4-membered cyclic amide) rings is 1. The van der Waals surface area contributed by atoms with Crippen LogP contribution in [-0.4, -0.2) is 50.4 Å². The van der Waals surface area contributed by atoms with E-state index in [2.05, 4.69) is 5.16 Å². The van der Waals surface area contributed by atoms with E-state index in [4.69, 9.17) is 4.84 Å². The number of hydrogen-bond acceptors (Lipinski definition) is 5. The number of nitrogens with zero attached hydrogens (tertiary/aromatic N) is 2. The van der Waals surface area contributed by atoms with Gasteiger partial charge in [0.05, 0.1) is 0 Å². The van der Waals surface area contributed by atoms with Gasteiger partial charge in [-0.3, -0.25) is 4.79 Å². The average Bonchev–Trinajstić information content (AvgIpc) is 2.73. The van der Waals surface area contributed by atoms with Gasteiger partial charge in [-0.1, -0.05) is 24.4 Å². The lowest BCUT2D eigenvalue weighted by Crippen LogP contribution is -2.63. The van der Waals surface area contributed by atoms with Crippen molar-refractivity contribution in [2.24, 2.45) is 11.1 Å². The first-order valence-corrected chi connectivity index (χ1v) is 8.73. The van der Waals surface area contributed by atoms with Crippen LogP contribution in [0.2, 0.25) is 0 Å². The Morgan fingerprint density at radius 1 is 1.41 bits per heavy atom. The van der Waals surface area contributed by atoms with E-state index in [0.29, 0.717) is 18.2 Å². The summed E-state index contributed by atoms with van der Waals surface area (Å²) in [7, 11) is 0. The minimum absolute atomic E-state index is 0.282. The second-order valence-electron chi connectivity index (χ2n) is 6.80.